The summed E-state index contributed by atoms with van der Waals surface area (Å²) in [4.78, 5) is 17.4. The van der Waals surface area contributed by atoms with Crippen molar-refractivity contribution in [2.45, 2.75) is 27.2 Å². The molecule has 0 saturated heterocycles. The fourth-order valence-electron chi connectivity index (χ4n) is 3.43. The lowest BCUT2D eigenvalue weighted by atomic mass is 9.99. The Bertz CT molecular complexity index is 1160. The van der Waals surface area contributed by atoms with Crippen LogP contribution in [-0.2, 0) is 6.42 Å². The van der Waals surface area contributed by atoms with E-state index in [1.165, 1.54) is 5.56 Å². The van der Waals surface area contributed by atoms with Crippen molar-refractivity contribution in [1.82, 2.24) is 19.9 Å². The van der Waals surface area contributed by atoms with Crippen molar-refractivity contribution in [3.63, 3.8) is 0 Å². The molecule has 5 heteroatoms. The molecule has 0 bridgehead atoms. The van der Waals surface area contributed by atoms with Crippen LogP contribution in [0.4, 0.5) is 4.39 Å². The van der Waals surface area contributed by atoms with Gasteiger partial charge in [0.2, 0.25) is 0 Å². The van der Waals surface area contributed by atoms with Gasteiger partial charge in [0.05, 0.1) is 0 Å². The first-order valence-corrected chi connectivity index (χ1v) is 9.47. The Kier molecular flexibility index (Phi) is 5.12. The maximum absolute atomic E-state index is 15.0. The number of aryl methyl sites for hydroxylation is 2. The second kappa shape index (κ2) is 7.87. The normalized spacial score (nSPS) is 10.9. The Hall–Kier alpha value is -3.47. The van der Waals surface area contributed by atoms with Crippen LogP contribution in [0.15, 0.2) is 61.2 Å². The highest BCUT2D eigenvalue weighted by molar-refractivity contribution is 5.62. The van der Waals surface area contributed by atoms with Crippen LogP contribution in [0.1, 0.15) is 27.8 Å². The zero-order valence-electron chi connectivity index (χ0n) is 16.6. The third-order valence-corrected chi connectivity index (χ3v) is 5.00. The van der Waals surface area contributed by atoms with Crippen molar-refractivity contribution in [2.75, 3.05) is 0 Å². The van der Waals surface area contributed by atoms with Gasteiger partial charge in [-0.05, 0) is 49.1 Å². The second-order valence-electron chi connectivity index (χ2n) is 7.19. The van der Waals surface area contributed by atoms with Crippen LogP contribution in [0.2, 0.25) is 0 Å². The van der Waals surface area contributed by atoms with Crippen molar-refractivity contribution in [3.8, 4) is 22.8 Å². The first kappa shape index (κ1) is 18.9. The lowest BCUT2D eigenvalue weighted by Crippen LogP contribution is -2.01. The van der Waals surface area contributed by atoms with E-state index in [-0.39, 0.29) is 5.82 Å². The van der Waals surface area contributed by atoms with E-state index < -0.39 is 0 Å². The molecule has 0 aliphatic carbocycles. The predicted octanol–water partition coefficient (Wildman–Crippen LogP) is 5.26. The van der Waals surface area contributed by atoms with E-state index in [0.29, 0.717) is 34.8 Å². The maximum atomic E-state index is 15.0. The highest BCUT2D eigenvalue weighted by Crippen LogP contribution is 2.26. The summed E-state index contributed by atoms with van der Waals surface area (Å²) in [5.41, 5.74) is 6.06. The van der Waals surface area contributed by atoms with Crippen LogP contribution < -0.4 is 0 Å². The molecule has 0 spiro atoms. The smallest absolute Gasteiger partial charge is 0.159 e. The number of rotatable bonds is 4. The third-order valence-electron chi connectivity index (χ3n) is 5.00. The summed E-state index contributed by atoms with van der Waals surface area (Å²) >= 11 is 0. The molecule has 144 valence electrons. The molecule has 2 aromatic heterocycles. The fourth-order valence-corrected chi connectivity index (χ4v) is 3.43. The van der Waals surface area contributed by atoms with Gasteiger partial charge >= 0.3 is 0 Å². The Balaban J connectivity index is 1.59. The van der Waals surface area contributed by atoms with Gasteiger partial charge in [0.1, 0.15) is 5.82 Å². The molecule has 4 rings (SSSR count). The minimum Gasteiger partial charge on any atom is -0.237 e. The fraction of sp³-hybridized carbons (Fsp3) is 0.167. The van der Waals surface area contributed by atoms with Crippen LogP contribution in [0.3, 0.4) is 0 Å². The molecule has 0 amide bonds. The van der Waals surface area contributed by atoms with Crippen molar-refractivity contribution in [2.24, 2.45) is 0 Å². The topological polar surface area (TPSA) is 51.6 Å². The standard InChI is InChI=1S/C24H21FN4/c1-15-5-7-20(16(2)11-15)23-28-13-18(14-29-23)12-19-6-8-21(17(3)22(19)25)24-26-9-4-10-27-24/h4-11,13-14H,12H2,1-3H3. The van der Waals surface area contributed by atoms with E-state index in [9.17, 15) is 4.39 Å². The molecule has 4 nitrogen and oxygen atoms in total. The quantitative estimate of drug-likeness (QED) is 0.482. The van der Waals surface area contributed by atoms with E-state index >= 15 is 0 Å². The molecule has 4 aromatic rings. The Labute approximate surface area is 169 Å². The summed E-state index contributed by atoms with van der Waals surface area (Å²) in [6.45, 7) is 5.87. The molecule has 0 unspecified atom stereocenters. The molecule has 0 radical (unpaired) electrons. The third kappa shape index (κ3) is 3.90. The summed E-state index contributed by atoms with van der Waals surface area (Å²) in [6.07, 6.45) is 7.27. The Morgan fingerprint density at radius 2 is 1.45 bits per heavy atom. The number of hydrogen-bond acceptors (Lipinski definition) is 4. The average Bonchev–Trinajstić information content (AvgIpc) is 2.73. The second-order valence-corrected chi connectivity index (χ2v) is 7.19. The number of hydrogen-bond donors (Lipinski definition) is 0. The maximum Gasteiger partial charge on any atom is 0.159 e. The van der Waals surface area contributed by atoms with Crippen molar-refractivity contribution in [1.29, 1.82) is 0 Å². The summed E-state index contributed by atoms with van der Waals surface area (Å²) in [7, 11) is 0. The van der Waals surface area contributed by atoms with Crippen LogP contribution in [0, 0.1) is 26.6 Å². The van der Waals surface area contributed by atoms with Crippen LogP contribution in [0.5, 0.6) is 0 Å². The molecule has 0 N–H and O–H groups in total. The minimum atomic E-state index is -0.242. The number of nitrogens with zero attached hydrogens (tertiary/aromatic N) is 4. The molecule has 2 heterocycles. The lowest BCUT2D eigenvalue weighted by Gasteiger charge is -2.11. The van der Waals surface area contributed by atoms with E-state index in [1.807, 2.05) is 12.1 Å². The van der Waals surface area contributed by atoms with E-state index in [0.717, 1.165) is 16.7 Å². The summed E-state index contributed by atoms with van der Waals surface area (Å²) < 4.78 is 15.0. The number of halogens is 1. The molecular formula is C24H21FN4. The van der Waals surface area contributed by atoms with E-state index in [2.05, 4.69) is 45.9 Å². The van der Waals surface area contributed by atoms with Crippen LogP contribution >= 0.6 is 0 Å². The van der Waals surface area contributed by atoms with Gasteiger partial charge in [-0.25, -0.2) is 24.3 Å². The number of benzene rings is 2. The highest BCUT2D eigenvalue weighted by atomic mass is 19.1. The molecule has 0 fully saturated rings. The Morgan fingerprint density at radius 3 is 2.14 bits per heavy atom. The first-order chi connectivity index (χ1) is 14.0. The monoisotopic (exact) mass is 384 g/mol. The summed E-state index contributed by atoms with van der Waals surface area (Å²) in [5.74, 6) is 0.962. The zero-order valence-corrected chi connectivity index (χ0v) is 16.6. The van der Waals surface area contributed by atoms with Crippen molar-refractivity contribution >= 4 is 0 Å². The number of aromatic nitrogens is 4. The molecule has 0 saturated carbocycles. The van der Waals surface area contributed by atoms with E-state index in [1.54, 1.807) is 43.8 Å². The van der Waals surface area contributed by atoms with Gasteiger partial charge in [0.25, 0.3) is 0 Å². The van der Waals surface area contributed by atoms with Gasteiger partial charge in [0.15, 0.2) is 11.6 Å². The largest absolute Gasteiger partial charge is 0.237 e. The minimum absolute atomic E-state index is 0.242. The van der Waals surface area contributed by atoms with Gasteiger partial charge in [-0.3, -0.25) is 0 Å². The summed E-state index contributed by atoms with van der Waals surface area (Å²) in [5, 5.41) is 0. The van der Waals surface area contributed by atoms with Crippen LogP contribution in [-0.4, -0.2) is 19.9 Å². The zero-order chi connectivity index (χ0) is 20.4. The average molecular weight is 384 g/mol. The lowest BCUT2D eigenvalue weighted by molar-refractivity contribution is 0.605. The molecule has 0 aliphatic rings. The van der Waals surface area contributed by atoms with E-state index in [4.69, 9.17) is 0 Å². The SMILES string of the molecule is Cc1ccc(-c2ncc(Cc3ccc(-c4ncccn4)c(C)c3F)cn2)c(C)c1. The van der Waals surface area contributed by atoms with Gasteiger partial charge in [0, 0.05) is 42.3 Å². The molecule has 0 aliphatic heterocycles. The molecular weight excluding hydrogens is 363 g/mol. The highest BCUT2D eigenvalue weighted by Gasteiger charge is 2.14. The Morgan fingerprint density at radius 1 is 0.793 bits per heavy atom. The molecule has 0 atom stereocenters. The predicted molar refractivity (Wildman–Crippen MR) is 112 cm³/mol. The first-order valence-electron chi connectivity index (χ1n) is 9.47. The summed E-state index contributed by atoms with van der Waals surface area (Å²) in [6, 6.07) is 11.6. The van der Waals surface area contributed by atoms with Crippen LogP contribution in [0.25, 0.3) is 22.8 Å². The van der Waals surface area contributed by atoms with Crippen molar-refractivity contribution < 1.29 is 4.39 Å². The molecule has 2 aromatic carbocycles. The van der Waals surface area contributed by atoms with Gasteiger partial charge in [-0.1, -0.05) is 35.9 Å². The van der Waals surface area contributed by atoms with Crippen molar-refractivity contribution in [3.05, 3.63) is 94.8 Å². The van der Waals surface area contributed by atoms with Gasteiger partial charge < -0.3 is 0 Å². The molecule has 29 heavy (non-hydrogen) atoms. The van der Waals surface area contributed by atoms with Gasteiger partial charge in [-0.2, -0.15) is 0 Å². The van der Waals surface area contributed by atoms with Gasteiger partial charge in [-0.15, -0.1) is 0 Å².